The minimum atomic E-state index is -4.23. The third-order valence-corrected chi connectivity index (χ3v) is 21.1. The van der Waals surface area contributed by atoms with E-state index in [1.54, 1.807) is 26.0 Å². The fourth-order valence-electron chi connectivity index (χ4n) is 12.1. The van der Waals surface area contributed by atoms with E-state index >= 15 is 8.78 Å². The molecule has 2 heterocycles. The van der Waals surface area contributed by atoms with Gasteiger partial charge in [-0.25, -0.2) is 35.1 Å². The molecule has 498 valence electrons. The molecule has 0 spiro atoms. The van der Waals surface area contributed by atoms with E-state index in [1.165, 1.54) is 12.1 Å². The molecule has 8 rings (SSSR count). The number of nitrogens with zero attached hydrogens (tertiary/aromatic N) is 2. The smallest absolute Gasteiger partial charge is 0.314 e. The zero-order valence-corrected chi connectivity index (χ0v) is 55.8. The van der Waals surface area contributed by atoms with Gasteiger partial charge in [0.05, 0.1) is 57.5 Å². The van der Waals surface area contributed by atoms with E-state index in [1.807, 2.05) is 12.1 Å². The van der Waals surface area contributed by atoms with Gasteiger partial charge in [-0.3, -0.25) is 14.6 Å². The monoisotopic (exact) mass is 1370 g/mol. The number of benzene rings is 4. The van der Waals surface area contributed by atoms with Crippen LogP contribution in [-0.4, -0.2) is 167 Å². The number of fused-ring (bicyclic) bond motifs is 2. The molecule has 4 aromatic rings. The van der Waals surface area contributed by atoms with Crippen LogP contribution in [0.1, 0.15) is 116 Å². The Morgan fingerprint density at radius 2 is 1.06 bits per heavy atom. The molecule has 4 aromatic carbocycles. The maximum atomic E-state index is 15.6. The molecule has 2 aliphatic carbocycles. The summed E-state index contributed by atoms with van der Waals surface area (Å²) in [6.45, 7) is 8.59. The highest BCUT2D eigenvalue weighted by Gasteiger charge is 2.43. The lowest BCUT2D eigenvalue weighted by molar-refractivity contribution is -0.119. The number of rotatable bonds is 35. The van der Waals surface area contributed by atoms with Crippen molar-refractivity contribution < 1.29 is 63.6 Å². The Balaban J connectivity index is 0.603. The van der Waals surface area contributed by atoms with Gasteiger partial charge in [-0.05, 0) is 150 Å². The summed E-state index contributed by atoms with van der Waals surface area (Å²) in [5, 5.41) is 7.48. The van der Waals surface area contributed by atoms with E-state index in [4.69, 9.17) is 86.3 Å². The molecule has 4 aliphatic rings. The van der Waals surface area contributed by atoms with Gasteiger partial charge < -0.3 is 50.5 Å². The van der Waals surface area contributed by atoms with Crippen molar-refractivity contribution in [2.45, 2.75) is 143 Å². The Kier molecular flexibility index (Phi) is 27.5. The van der Waals surface area contributed by atoms with E-state index in [0.29, 0.717) is 102 Å². The number of aryl methyl sites for hydroxylation is 2. The van der Waals surface area contributed by atoms with E-state index in [-0.39, 0.29) is 119 Å². The lowest BCUT2D eigenvalue weighted by atomic mass is 10.0. The third-order valence-electron chi connectivity index (χ3n) is 16.7. The Bertz CT molecular complexity index is 3110. The Morgan fingerprint density at radius 3 is 1.60 bits per heavy atom. The van der Waals surface area contributed by atoms with Crippen LogP contribution in [0.2, 0.25) is 20.1 Å². The molecule has 0 unspecified atom stereocenters. The molecule has 2 fully saturated rings. The lowest BCUT2D eigenvalue weighted by Gasteiger charge is -2.38. The van der Waals surface area contributed by atoms with Crippen molar-refractivity contribution in [3.8, 4) is 11.5 Å². The number of carbonyl (C=O) groups excluding carboxylic acids is 2. The quantitative estimate of drug-likeness (QED) is 0.0269. The molecular formula is C63H85Cl4F2N7O12S2. The van der Waals surface area contributed by atoms with Gasteiger partial charge in [0.2, 0.25) is 10.0 Å². The molecule has 2 amide bonds. The number of halogens is 6. The largest absolute Gasteiger partial charge is 0.484 e. The zero-order valence-electron chi connectivity index (χ0n) is 51.1. The summed E-state index contributed by atoms with van der Waals surface area (Å²) in [5.41, 5.74) is 17.0. The van der Waals surface area contributed by atoms with Crippen LogP contribution in [0.4, 0.5) is 13.6 Å². The fraction of sp³-hybridized carbons (Fsp3) is 0.587. The number of ether oxygens (including phenoxy) is 6. The van der Waals surface area contributed by atoms with Crippen LogP contribution in [0.15, 0.2) is 58.3 Å². The third kappa shape index (κ3) is 20.3. The first-order chi connectivity index (χ1) is 43.1. The molecule has 0 saturated carbocycles. The van der Waals surface area contributed by atoms with Crippen LogP contribution in [-0.2, 0) is 56.4 Å². The van der Waals surface area contributed by atoms with Crippen molar-refractivity contribution in [2.75, 3.05) is 104 Å². The minimum Gasteiger partial charge on any atom is -0.484 e. The van der Waals surface area contributed by atoms with E-state index in [2.05, 4.69) is 25.2 Å². The number of urea groups is 1. The molecule has 19 nitrogen and oxygen atoms in total. The summed E-state index contributed by atoms with van der Waals surface area (Å²) in [4.78, 5) is 28.3. The predicted octanol–water partition coefficient (Wildman–Crippen LogP) is 9.55. The highest BCUT2D eigenvalue weighted by molar-refractivity contribution is 7.91. The second-order valence-electron chi connectivity index (χ2n) is 23.6. The topological polar surface area (TPSA) is 252 Å². The number of ketones is 1. The number of nitrogens with two attached hydrogens (primary N) is 2. The number of unbranched alkanes of at least 4 members (excludes halogenated alkanes) is 2. The number of hydrogen-bond donors (Lipinski definition) is 5. The van der Waals surface area contributed by atoms with Gasteiger partial charge >= 0.3 is 6.03 Å². The second-order valence-corrected chi connectivity index (χ2v) is 29.1. The van der Waals surface area contributed by atoms with Crippen molar-refractivity contribution in [1.29, 1.82) is 0 Å². The number of carbonyl (C=O) groups is 2. The molecule has 2 saturated heterocycles. The Labute approximate surface area is 548 Å². The Morgan fingerprint density at radius 1 is 0.578 bits per heavy atom. The number of sulfone groups is 1. The molecular weight excluding hydrogens is 1290 g/mol. The van der Waals surface area contributed by atoms with Crippen molar-refractivity contribution in [2.24, 2.45) is 11.5 Å². The van der Waals surface area contributed by atoms with Crippen LogP contribution in [0, 0.1) is 25.5 Å². The number of nitrogens with one attached hydrogen (secondary N) is 3. The maximum absolute atomic E-state index is 15.6. The molecule has 0 radical (unpaired) electrons. The first-order valence-corrected chi connectivity index (χ1v) is 35.7. The minimum absolute atomic E-state index is 0.0194. The van der Waals surface area contributed by atoms with E-state index < -0.39 is 53.5 Å². The summed E-state index contributed by atoms with van der Waals surface area (Å²) in [5.74, 6) is -1.62. The fourth-order valence-corrected chi connectivity index (χ4v) is 15.9. The summed E-state index contributed by atoms with van der Waals surface area (Å²) < 4.78 is 122. The number of Topliss-reactive ketones (excluding diaryl/α,β-unsaturated/α-hetero) is 1. The SMILES string of the molecule is Cc1cc(S(=O)(=O)CCCOCCOCCNC(=O)NCCCCCC(=O)CCCOCCOCCNS(=O)(=O)c2cc(C)c(O[C@H]3c4cc(Cl)cc(Cl)c4C[C@@H]3N3CCC[C@@H](N)C3)cc2F)c(F)cc1O[C@H]1c2cc(Cl)cc(Cl)c2C[C@@H]1N1CCC[C@@H](N)C1. The van der Waals surface area contributed by atoms with Gasteiger partial charge in [0.1, 0.15) is 50.9 Å². The zero-order chi connectivity index (χ0) is 64.5. The number of hydrogen-bond acceptors (Lipinski definition) is 16. The van der Waals surface area contributed by atoms with Gasteiger partial charge in [0, 0.05) is 114 Å². The van der Waals surface area contributed by atoms with Crippen LogP contribution in [0.3, 0.4) is 0 Å². The van der Waals surface area contributed by atoms with E-state index in [9.17, 15) is 26.4 Å². The molecule has 6 atom stereocenters. The summed E-state index contributed by atoms with van der Waals surface area (Å²) in [7, 11) is -8.23. The number of amides is 2. The summed E-state index contributed by atoms with van der Waals surface area (Å²) >= 11 is 26.1. The molecule has 0 aromatic heterocycles. The average molecular weight is 1380 g/mol. The van der Waals surface area contributed by atoms with Gasteiger partial charge in [-0.2, -0.15) is 0 Å². The molecule has 27 heteroatoms. The molecule has 7 N–H and O–H groups in total. The molecule has 2 aliphatic heterocycles. The van der Waals surface area contributed by atoms with Crippen molar-refractivity contribution >= 4 is 78.1 Å². The van der Waals surface area contributed by atoms with Crippen LogP contribution in [0.25, 0.3) is 0 Å². The standard InChI is InChI=1S/C63H85Cl4F2N7O12S2/c1-40-28-59(53(68)36-57(40)87-61-49-30-42(64)32-51(66)47(49)34-55(61)75-17-6-10-44(70)38-75)89(79,80)27-9-20-84-24-25-85-21-15-73-63(78)72-14-5-3-4-12-46(77)13-8-19-83-23-26-86-22-16-74-90(81,82)60-29-41(2)58(37-54(60)69)88-62-50-31-43(65)33-52(67)48(50)35-56(62)76-18-7-11-45(71)39-76/h28-33,36-37,44-45,55-56,61-62,74H,3-27,34-35,38-39,70-71H2,1-2H3,(H2,72,73,78)/t44-,45-,55+,56+,61+,62+/m1/s1. The summed E-state index contributed by atoms with van der Waals surface area (Å²) in [6, 6.07) is 11.3. The van der Waals surface area contributed by atoms with Crippen LogP contribution < -0.4 is 36.3 Å². The van der Waals surface area contributed by atoms with Crippen molar-refractivity contribution in [1.82, 2.24) is 25.2 Å². The maximum Gasteiger partial charge on any atom is 0.314 e. The average Bonchev–Trinajstić information content (AvgIpc) is 1.60. The van der Waals surface area contributed by atoms with Crippen molar-refractivity contribution in [3.63, 3.8) is 0 Å². The first-order valence-electron chi connectivity index (χ1n) is 31.0. The predicted molar refractivity (Wildman–Crippen MR) is 344 cm³/mol. The number of likely N-dealkylation sites (tertiary alicyclic amines) is 2. The lowest BCUT2D eigenvalue weighted by Crippen LogP contribution is -2.49. The van der Waals surface area contributed by atoms with Crippen LogP contribution >= 0.6 is 46.4 Å². The first kappa shape index (κ1) is 71.8. The van der Waals surface area contributed by atoms with Crippen LogP contribution in [0.5, 0.6) is 11.5 Å². The van der Waals surface area contributed by atoms with Crippen molar-refractivity contribution in [3.05, 3.63) is 114 Å². The number of piperidine rings is 2. The van der Waals surface area contributed by atoms with Gasteiger partial charge in [-0.15, -0.1) is 0 Å². The van der Waals surface area contributed by atoms with E-state index in [0.717, 1.165) is 79.6 Å². The number of sulfonamides is 1. The van der Waals surface area contributed by atoms with Gasteiger partial charge in [0.15, 0.2) is 9.84 Å². The highest BCUT2D eigenvalue weighted by atomic mass is 35.5. The molecule has 90 heavy (non-hydrogen) atoms. The normalized spacial score (nSPS) is 20.5. The van der Waals surface area contributed by atoms with Gasteiger partial charge in [0.25, 0.3) is 0 Å². The molecule has 0 bridgehead atoms. The summed E-state index contributed by atoms with van der Waals surface area (Å²) in [6.07, 6.45) is 7.52. The highest BCUT2D eigenvalue weighted by Crippen LogP contribution is 2.46. The van der Waals surface area contributed by atoms with Gasteiger partial charge in [-0.1, -0.05) is 52.8 Å². The Hall–Kier alpha value is -4.02. The second kappa shape index (κ2) is 34.4.